The van der Waals surface area contributed by atoms with Crippen molar-refractivity contribution in [1.82, 2.24) is 9.80 Å². The van der Waals surface area contributed by atoms with E-state index < -0.39 is 0 Å². The molecule has 2 saturated heterocycles. The monoisotopic (exact) mass is 184 g/mol. The van der Waals surface area contributed by atoms with Gasteiger partial charge in [-0.1, -0.05) is 0 Å². The highest BCUT2D eigenvalue weighted by Gasteiger charge is 2.31. The van der Waals surface area contributed by atoms with Gasteiger partial charge in [0.2, 0.25) is 0 Å². The van der Waals surface area contributed by atoms with Crippen LogP contribution in [0.15, 0.2) is 0 Å². The first-order valence-corrected chi connectivity index (χ1v) is 5.33. The molecular formula is C10H20N2O. The third kappa shape index (κ3) is 2.03. The van der Waals surface area contributed by atoms with Gasteiger partial charge in [-0.15, -0.1) is 0 Å². The minimum Gasteiger partial charge on any atom is -0.396 e. The molecule has 76 valence electrons. The van der Waals surface area contributed by atoms with E-state index in [4.69, 9.17) is 5.11 Å². The molecule has 0 aromatic carbocycles. The van der Waals surface area contributed by atoms with Gasteiger partial charge in [-0.3, -0.25) is 4.90 Å². The van der Waals surface area contributed by atoms with E-state index >= 15 is 0 Å². The molecule has 0 saturated carbocycles. The number of hydrogen-bond donors (Lipinski definition) is 1. The second-order valence-electron chi connectivity index (χ2n) is 4.54. The lowest BCUT2D eigenvalue weighted by Crippen LogP contribution is -2.55. The molecule has 2 atom stereocenters. The van der Waals surface area contributed by atoms with Gasteiger partial charge in [-0.05, 0) is 25.8 Å². The quantitative estimate of drug-likeness (QED) is 0.621. The fourth-order valence-corrected chi connectivity index (χ4v) is 2.56. The van der Waals surface area contributed by atoms with E-state index in [9.17, 15) is 0 Å². The molecule has 1 N–H and O–H groups in total. The van der Waals surface area contributed by atoms with Crippen LogP contribution in [-0.2, 0) is 0 Å². The number of piperazine rings is 1. The van der Waals surface area contributed by atoms with Gasteiger partial charge in [-0.2, -0.15) is 0 Å². The van der Waals surface area contributed by atoms with Crippen molar-refractivity contribution in [2.24, 2.45) is 5.92 Å². The molecule has 0 aromatic rings. The number of aliphatic hydroxyl groups excluding tert-OH is 1. The molecule has 0 radical (unpaired) electrons. The molecular weight excluding hydrogens is 164 g/mol. The largest absolute Gasteiger partial charge is 0.396 e. The summed E-state index contributed by atoms with van der Waals surface area (Å²) in [7, 11) is 2.20. The first kappa shape index (κ1) is 9.44. The smallest absolute Gasteiger partial charge is 0.0471 e. The van der Waals surface area contributed by atoms with E-state index in [0.29, 0.717) is 12.5 Å². The summed E-state index contributed by atoms with van der Waals surface area (Å²) in [4.78, 5) is 4.98. The zero-order valence-electron chi connectivity index (χ0n) is 8.45. The van der Waals surface area contributed by atoms with Crippen molar-refractivity contribution in [3.8, 4) is 0 Å². The Labute approximate surface area is 80.3 Å². The summed E-state index contributed by atoms with van der Waals surface area (Å²) in [5, 5.41) is 9.10. The van der Waals surface area contributed by atoms with Gasteiger partial charge in [-0.25, -0.2) is 0 Å². The lowest BCUT2D eigenvalue weighted by molar-refractivity contribution is 0.0235. The fourth-order valence-electron chi connectivity index (χ4n) is 2.56. The fraction of sp³-hybridized carbons (Fsp3) is 1.00. The van der Waals surface area contributed by atoms with Gasteiger partial charge in [0.25, 0.3) is 0 Å². The van der Waals surface area contributed by atoms with Gasteiger partial charge in [0, 0.05) is 38.8 Å². The van der Waals surface area contributed by atoms with Crippen molar-refractivity contribution in [2.45, 2.75) is 18.9 Å². The second kappa shape index (κ2) is 3.95. The Bertz CT molecular complexity index is 174. The van der Waals surface area contributed by atoms with E-state index in [1.54, 1.807) is 0 Å². The summed E-state index contributed by atoms with van der Waals surface area (Å²) < 4.78 is 0. The summed E-state index contributed by atoms with van der Waals surface area (Å²) in [6.45, 7) is 5.10. The number of aliphatic hydroxyl groups is 1. The lowest BCUT2D eigenvalue weighted by Gasteiger charge is -2.45. The van der Waals surface area contributed by atoms with Crippen LogP contribution in [0.5, 0.6) is 0 Å². The van der Waals surface area contributed by atoms with E-state index in [-0.39, 0.29) is 0 Å². The van der Waals surface area contributed by atoms with Gasteiger partial charge in [0.05, 0.1) is 0 Å². The van der Waals surface area contributed by atoms with Crippen molar-refractivity contribution in [2.75, 3.05) is 39.8 Å². The van der Waals surface area contributed by atoms with E-state index in [2.05, 4.69) is 16.8 Å². The van der Waals surface area contributed by atoms with Crippen LogP contribution in [-0.4, -0.2) is 60.8 Å². The van der Waals surface area contributed by atoms with Crippen LogP contribution in [0.2, 0.25) is 0 Å². The average molecular weight is 184 g/mol. The van der Waals surface area contributed by atoms with E-state index in [1.165, 1.54) is 32.5 Å². The van der Waals surface area contributed by atoms with Gasteiger partial charge in [0.1, 0.15) is 0 Å². The third-order valence-electron chi connectivity index (χ3n) is 3.47. The molecule has 0 bridgehead atoms. The topological polar surface area (TPSA) is 26.7 Å². The predicted molar refractivity (Wildman–Crippen MR) is 52.7 cm³/mol. The van der Waals surface area contributed by atoms with Crippen LogP contribution in [0.25, 0.3) is 0 Å². The van der Waals surface area contributed by atoms with Crippen LogP contribution in [0, 0.1) is 5.92 Å². The molecule has 13 heavy (non-hydrogen) atoms. The maximum atomic E-state index is 9.10. The SMILES string of the molecule is CN1CCN2CC(CO)CCC2C1. The maximum absolute atomic E-state index is 9.10. The van der Waals surface area contributed by atoms with Gasteiger partial charge < -0.3 is 10.0 Å². The molecule has 2 fully saturated rings. The highest BCUT2D eigenvalue weighted by atomic mass is 16.3. The number of nitrogens with zero attached hydrogens (tertiary/aromatic N) is 2. The zero-order valence-corrected chi connectivity index (χ0v) is 8.45. The summed E-state index contributed by atoms with van der Waals surface area (Å²) >= 11 is 0. The van der Waals surface area contributed by atoms with Gasteiger partial charge >= 0.3 is 0 Å². The standard InChI is InChI=1S/C10H20N2O/c1-11-4-5-12-6-9(8-13)2-3-10(12)7-11/h9-10,13H,2-8H2,1H3. The number of fused-ring (bicyclic) bond motifs is 1. The van der Waals surface area contributed by atoms with Crippen molar-refractivity contribution < 1.29 is 5.11 Å². The number of hydrogen-bond acceptors (Lipinski definition) is 3. The molecule has 0 amide bonds. The molecule has 2 rings (SSSR count). The molecule has 0 aliphatic carbocycles. The minimum atomic E-state index is 0.374. The summed E-state index contributed by atoms with van der Waals surface area (Å²) in [5.74, 6) is 0.541. The van der Waals surface area contributed by atoms with E-state index in [0.717, 1.165) is 12.6 Å². The number of rotatable bonds is 1. The molecule has 2 aliphatic rings. The Kier molecular flexibility index (Phi) is 2.86. The predicted octanol–water partition coefficient (Wildman–Crippen LogP) is 0.00470. The van der Waals surface area contributed by atoms with Crippen molar-refractivity contribution in [3.05, 3.63) is 0 Å². The first-order valence-electron chi connectivity index (χ1n) is 5.33. The molecule has 3 heteroatoms. The molecule has 2 aliphatic heterocycles. The summed E-state index contributed by atoms with van der Waals surface area (Å²) in [5.41, 5.74) is 0. The Morgan fingerprint density at radius 1 is 1.23 bits per heavy atom. The van der Waals surface area contributed by atoms with E-state index in [1.807, 2.05) is 0 Å². The molecule has 0 aromatic heterocycles. The molecule has 2 unspecified atom stereocenters. The highest BCUT2D eigenvalue weighted by Crippen LogP contribution is 2.24. The Balaban J connectivity index is 1.90. The summed E-state index contributed by atoms with van der Waals surface area (Å²) in [6.07, 6.45) is 2.49. The molecule has 0 spiro atoms. The van der Waals surface area contributed by atoms with Crippen LogP contribution < -0.4 is 0 Å². The minimum absolute atomic E-state index is 0.374. The highest BCUT2D eigenvalue weighted by molar-refractivity contribution is 4.86. The summed E-state index contributed by atoms with van der Waals surface area (Å²) in [6, 6.07) is 0.765. The first-order chi connectivity index (χ1) is 6.29. The number of piperidine rings is 1. The average Bonchev–Trinajstić information content (AvgIpc) is 2.17. The van der Waals surface area contributed by atoms with Crippen molar-refractivity contribution in [3.63, 3.8) is 0 Å². The second-order valence-corrected chi connectivity index (χ2v) is 4.54. The Morgan fingerprint density at radius 2 is 2.08 bits per heavy atom. The normalized spacial score (nSPS) is 37.4. The Morgan fingerprint density at radius 3 is 2.85 bits per heavy atom. The van der Waals surface area contributed by atoms with Crippen LogP contribution in [0.1, 0.15) is 12.8 Å². The third-order valence-corrected chi connectivity index (χ3v) is 3.47. The van der Waals surface area contributed by atoms with Crippen LogP contribution in [0.4, 0.5) is 0 Å². The van der Waals surface area contributed by atoms with Crippen LogP contribution >= 0.6 is 0 Å². The molecule has 3 nitrogen and oxygen atoms in total. The maximum Gasteiger partial charge on any atom is 0.0471 e. The van der Waals surface area contributed by atoms with Crippen LogP contribution in [0.3, 0.4) is 0 Å². The van der Waals surface area contributed by atoms with Crippen molar-refractivity contribution in [1.29, 1.82) is 0 Å². The Hall–Kier alpha value is -0.120. The van der Waals surface area contributed by atoms with Crippen molar-refractivity contribution >= 4 is 0 Å². The molecule has 2 heterocycles. The zero-order chi connectivity index (χ0) is 9.26. The lowest BCUT2D eigenvalue weighted by atomic mass is 9.92. The van der Waals surface area contributed by atoms with Gasteiger partial charge in [0.15, 0.2) is 0 Å². The number of likely N-dealkylation sites (N-methyl/N-ethyl adjacent to an activating group) is 1.